The van der Waals surface area contributed by atoms with Crippen LogP contribution in [0.2, 0.25) is 0 Å². The average Bonchev–Trinajstić information content (AvgIpc) is 2.98. The van der Waals surface area contributed by atoms with Gasteiger partial charge < -0.3 is 19.9 Å². The number of nitrogens with one attached hydrogen (secondary N) is 1. The minimum absolute atomic E-state index is 0.368. The Morgan fingerprint density at radius 2 is 1.91 bits per heavy atom. The molecule has 0 aliphatic carbocycles. The molecule has 0 aliphatic rings. The molecule has 1 heterocycles. The second-order valence-corrected chi connectivity index (χ2v) is 4.62. The summed E-state index contributed by atoms with van der Waals surface area (Å²) in [6.45, 7) is 5.35. The van der Waals surface area contributed by atoms with E-state index >= 15 is 0 Å². The number of benzene rings is 1. The highest BCUT2D eigenvalue weighted by atomic mass is 16.5. The molecule has 0 aliphatic heterocycles. The van der Waals surface area contributed by atoms with Crippen LogP contribution in [0.1, 0.15) is 37.1 Å². The van der Waals surface area contributed by atoms with Gasteiger partial charge in [0.15, 0.2) is 23.1 Å². The third-order valence-corrected chi connectivity index (χ3v) is 3.03. The van der Waals surface area contributed by atoms with Crippen LogP contribution < -0.4 is 15.2 Å². The van der Waals surface area contributed by atoms with Gasteiger partial charge in [0, 0.05) is 7.11 Å². The van der Waals surface area contributed by atoms with E-state index < -0.39 is 6.04 Å². The van der Waals surface area contributed by atoms with Crippen molar-refractivity contribution in [1.29, 1.82) is 0 Å². The van der Waals surface area contributed by atoms with Crippen molar-refractivity contribution in [2.45, 2.75) is 26.5 Å². The lowest BCUT2D eigenvalue weighted by atomic mass is 10.1. The fraction of sp³-hybridized carbons (Fsp3) is 0.467. The smallest absolute Gasteiger partial charge is 0.171 e. The second-order valence-electron chi connectivity index (χ2n) is 4.62. The Bertz CT molecular complexity index is 600. The van der Waals surface area contributed by atoms with Crippen molar-refractivity contribution >= 4 is 0 Å². The summed E-state index contributed by atoms with van der Waals surface area (Å²) < 4.78 is 16.2. The van der Waals surface area contributed by atoms with Crippen LogP contribution in [0.15, 0.2) is 18.2 Å². The van der Waals surface area contributed by atoms with Gasteiger partial charge in [-0.3, -0.25) is 5.10 Å². The fourth-order valence-corrected chi connectivity index (χ4v) is 2.06. The average molecular weight is 306 g/mol. The highest BCUT2D eigenvalue weighted by molar-refractivity contribution is 5.44. The van der Waals surface area contributed by atoms with Gasteiger partial charge in [0.25, 0.3) is 0 Å². The summed E-state index contributed by atoms with van der Waals surface area (Å²) in [5.41, 5.74) is 7.09. The summed E-state index contributed by atoms with van der Waals surface area (Å²) in [4.78, 5) is 4.32. The number of H-pyrrole nitrogens is 1. The molecule has 0 spiro atoms. The number of nitrogens with zero attached hydrogens (tertiary/aromatic N) is 2. The van der Waals surface area contributed by atoms with Crippen LogP contribution in [0.5, 0.6) is 11.5 Å². The van der Waals surface area contributed by atoms with Gasteiger partial charge >= 0.3 is 0 Å². The van der Waals surface area contributed by atoms with Gasteiger partial charge in [-0.1, -0.05) is 6.07 Å². The Hall–Kier alpha value is -2.12. The van der Waals surface area contributed by atoms with E-state index in [0.29, 0.717) is 43.0 Å². The fourth-order valence-electron chi connectivity index (χ4n) is 2.06. The standard InChI is InChI=1S/C15H22N4O3/c1-4-21-11-7-6-10(8-12(11)22-5-2)14(16)15-17-13(9-20-3)18-19-15/h6-8,14H,4-5,9,16H2,1-3H3,(H,17,18,19)/t14-/m0/s1. The molecule has 2 rings (SSSR count). The summed E-state index contributed by atoms with van der Waals surface area (Å²) in [5, 5.41) is 6.94. The monoisotopic (exact) mass is 306 g/mol. The Labute approximate surface area is 129 Å². The van der Waals surface area contributed by atoms with Crippen molar-refractivity contribution in [3.63, 3.8) is 0 Å². The molecule has 0 saturated heterocycles. The normalized spacial score (nSPS) is 12.2. The number of hydrogen-bond acceptors (Lipinski definition) is 6. The molecule has 120 valence electrons. The zero-order chi connectivity index (χ0) is 15.9. The summed E-state index contributed by atoms with van der Waals surface area (Å²) >= 11 is 0. The molecule has 1 aromatic carbocycles. The van der Waals surface area contributed by atoms with Gasteiger partial charge in [-0.25, -0.2) is 4.98 Å². The van der Waals surface area contributed by atoms with Gasteiger partial charge in [0.2, 0.25) is 0 Å². The third kappa shape index (κ3) is 3.75. The van der Waals surface area contributed by atoms with Crippen molar-refractivity contribution in [2.75, 3.05) is 20.3 Å². The van der Waals surface area contributed by atoms with Crippen molar-refractivity contribution in [3.05, 3.63) is 35.4 Å². The number of nitrogens with two attached hydrogens (primary N) is 1. The predicted molar refractivity (Wildman–Crippen MR) is 81.9 cm³/mol. The third-order valence-electron chi connectivity index (χ3n) is 3.03. The molecule has 1 aromatic heterocycles. The van der Waals surface area contributed by atoms with Crippen LogP contribution in [0, 0.1) is 0 Å². The van der Waals surface area contributed by atoms with Gasteiger partial charge in [-0.2, -0.15) is 5.10 Å². The summed E-state index contributed by atoms with van der Waals surface area (Å²) in [7, 11) is 1.60. The molecule has 7 heteroatoms. The molecule has 3 N–H and O–H groups in total. The van der Waals surface area contributed by atoms with E-state index in [1.807, 2.05) is 32.0 Å². The van der Waals surface area contributed by atoms with Gasteiger partial charge in [-0.05, 0) is 31.5 Å². The SMILES string of the molecule is CCOc1ccc([C@H](N)c2n[nH]c(COC)n2)cc1OCC. The van der Waals surface area contributed by atoms with Crippen LogP contribution in [0.25, 0.3) is 0 Å². The molecule has 22 heavy (non-hydrogen) atoms. The van der Waals surface area contributed by atoms with E-state index in [0.717, 1.165) is 5.56 Å². The largest absolute Gasteiger partial charge is 0.490 e. The molecular weight excluding hydrogens is 284 g/mol. The number of rotatable bonds is 8. The lowest BCUT2D eigenvalue weighted by Crippen LogP contribution is -2.14. The first kappa shape index (κ1) is 16.3. The van der Waals surface area contributed by atoms with Gasteiger partial charge in [0.05, 0.1) is 19.3 Å². The number of hydrogen-bond donors (Lipinski definition) is 2. The molecule has 0 saturated carbocycles. The summed E-state index contributed by atoms with van der Waals surface area (Å²) in [6, 6.07) is 5.17. The minimum Gasteiger partial charge on any atom is -0.490 e. The molecule has 0 radical (unpaired) electrons. The zero-order valence-electron chi connectivity index (χ0n) is 13.1. The van der Waals surface area contributed by atoms with E-state index in [2.05, 4.69) is 15.2 Å². The lowest BCUT2D eigenvalue weighted by Gasteiger charge is -2.14. The van der Waals surface area contributed by atoms with E-state index in [1.165, 1.54) is 0 Å². The number of ether oxygens (including phenoxy) is 3. The first-order valence-corrected chi connectivity index (χ1v) is 7.24. The van der Waals surface area contributed by atoms with Crippen LogP contribution >= 0.6 is 0 Å². The zero-order valence-corrected chi connectivity index (χ0v) is 13.1. The van der Waals surface area contributed by atoms with E-state index in [9.17, 15) is 0 Å². The van der Waals surface area contributed by atoms with E-state index in [-0.39, 0.29) is 0 Å². The number of methoxy groups -OCH3 is 1. The quantitative estimate of drug-likeness (QED) is 0.772. The van der Waals surface area contributed by atoms with Crippen LogP contribution in [0.3, 0.4) is 0 Å². The number of aromatic amines is 1. The van der Waals surface area contributed by atoms with E-state index in [4.69, 9.17) is 19.9 Å². The Kier molecular flexibility index (Phi) is 5.74. The maximum absolute atomic E-state index is 6.23. The van der Waals surface area contributed by atoms with Crippen LogP contribution in [0.4, 0.5) is 0 Å². The minimum atomic E-state index is -0.447. The highest BCUT2D eigenvalue weighted by Crippen LogP contribution is 2.31. The van der Waals surface area contributed by atoms with Crippen molar-refractivity contribution < 1.29 is 14.2 Å². The molecule has 2 aromatic rings. The maximum atomic E-state index is 6.23. The molecule has 1 atom stereocenters. The Morgan fingerprint density at radius 3 is 2.59 bits per heavy atom. The number of aromatic nitrogens is 3. The first-order valence-electron chi connectivity index (χ1n) is 7.24. The Balaban J connectivity index is 2.24. The molecule has 0 bridgehead atoms. The van der Waals surface area contributed by atoms with Crippen molar-refractivity contribution in [3.8, 4) is 11.5 Å². The van der Waals surface area contributed by atoms with Crippen molar-refractivity contribution in [2.24, 2.45) is 5.73 Å². The van der Waals surface area contributed by atoms with Gasteiger partial charge in [-0.15, -0.1) is 0 Å². The van der Waals surface area contributed by atoms with Gasteiger partial charge in [0.1, 0.15) is 6.61 Å². The van der Waals surface area contributed by atoms with E-state index in [1.54, 1.807) is 7.11 Å². The molecule has 0 fully saturated rings. The van der Waals surface area contributed by atoms with Crippen LogP contribution in [-0.2, 0) is 11.3 Å². The topological polar surface area (TPSA) is 95.3 Å². The lowest BCUT2D eigenvalue weighted by molar-refractivity contribution is 0.178. The summed E-state index contributed by atoms with van der Waals surface area (Å²) in [6.07, 6.45) is 0. The second kappa shape index (κ2) is 7.77. The first-order chi connectivity index (χ1) is 10.7. The molecular formula is C15H22N4O3. The molecule has 0 amide bonds. The summed E-state index contributed by atoms with van der Waals surface area (Å²) in [5.74, 6) is 2.53. The van der Waals surface area contributed by atoms with Crippen molar-refractivity contribution in [1.82, 2.24) is 15.2 Å². The van der Waals surface area contributed by atoms with Crippen LogP contribution in [-0.4, -0.2) is 35.5 Å². The molecule has 7 nitrogen and oxygen atoms in total. The highest BCUT2D eigenvalue weighted by Gasteiger charge is 2.17. The molecule has 0 unspecified atom stereocenters. The Morgan fingerprint density at radius 1 is 1.18 bits per heavy atom. The maximum Gasteiger partial charge on any atom is 0.171 e. The predicted octanol–water partition coefficient (Wildman–Crippen LogP) is 1.80.